The predicted octanol–water partition coefficient (Wildman–Crippen LogP) is 0.792. The van der Waals surface area contributed by atoms with Gasteiger partial charge < -0.3 is 14.9 Å². The second-order valence-corrected chi connectivity index (χ2v) is 4.20. The molecule has 0 radical (unpaired) electrons. The number of aromatic nitrogens is 1. The van der Waals surface area contributed by atoms with Crippen molar-refractivity contribution in [2.75, 3.05) is 6.61 Å². The highest BCUT2D eigenvalue weighted by atomic mass is 16.5. The normalized spacial score (nSPS) is 11.5. The third kappa shape index (κ3) is 2.56. The van der Waals surface area contributed by atoms with E-state index in [1.807, 2.05) is 0 Å². The maximum Gasteiger partial charge on any atom is 0.257 e. The predicted molar refractivity (Wildman–Crippen MR) is 54.6 cm³/mol. The summed E-state index contributed by atoms with van der Waals surface area (Å²) >= 11 is 0. The standard InChI is InChI=1S/C10H16N2O3/c1-6-8(7(2)15-12-6)9(14)11-10(3,4)5-13/h13H,5H2,1-4H3,(H,11,14). The summed E-state index contributed by atoms with van der Waals surface area (Å²) < 4.78 is 4.89. The monoisotopic (exact) mass is 212 g/mol. The molecule has 0 bridgehead atoms. The third-order valence-corrected chi connectivity index (χ3v) is 2.11. The van der Waals surface area contributed by atoms with Crippen molar-refractivity contribution in [3.05, 3.63) is 17.0 Å². The molecule has 0 saturated carbocycles. The molecule has 0 aliphatic rings. The zero-order valence-corrected chi connectivity index (χ0v) is 9.42. The van der Waals surface area contributed by atoms with Crippen LogP contribution in [0.4, 0.5) is 0 Å². The minimum atomic E-state index is -0.646. The van der Waals surface area contributed by atoms with Crippen molar-refractivity contribution >= 4 is 5.91 Å². The number of carbonyl (C=O) groups is 1. The number of nitrogens with one attached hydrogen (secondary N) is 1. The lowest BCUT2D eigenvalue weighted by molar-refractivity contribution is 0.0867. The number of aryl methyl sites for hydroxylation is 2. The maximum atomic E-state index is 11.8. The van der Waals surface area contributed by atoms with Gasteiger partial charge in [-0.25, -0.2) is 0 Å². The highest BCUT2D eigenvalue weighted by Gasteiger charge is 2.24. The maximum absolute atomic E-state index is 11.8. The van der Waals surface area contributed by atoms with Gasteiger partial charge in [0.2, 0.25) is 0 Å². The molecule has 1 amide bonds. The summed E-state index contributed by atoms with van der Waals surface area (Å²) in [5.41, 5.74) is 0.350. The lowest BCUT2D eigenvalue weighted by atomic mass is 10.1. The molecular formula is C10H16N2O3. The van der Waals surface area contributed by atoms with Crippen LogP contribution in [0.25, 0.3) is 0 Å². The molecule has 0 aliphatic heterocycles. The van der Waals surface area contributed by atoms with Crippen LogP contribution in [0.5, 0.6) is 0 Å². The average molecular weight is 212 g/mol. The van der Waals surface area contributed by atoms with Crippen LogP contribution in [0.3, 0.4) is 0 Å². The van der Waals surface area contributed by atoms with Crippen LogP contribution in [0, 0.1) is 13.8 Å². The Bertz CT molecular complexity index is 349. The molecule has 1 aromatic heterocycles. The molecule has 0 spiro atoms. The molecule has 5 nitrogen and oxygen atoms in total. The van der Waals surface area contributed by atoms with Gasteiger partial charge in [0, 0.05) is 0 Å². The fraction of sp³-hybridized carbons (Fsp3) is 0.600. The number of aliphatic hydroxyl groups excluding tert-OH is 1. The number of aliphatic hydroxyl groups is 1. The van der Waals surface area contributed by atoms with Crippen molar-refractivity contribution in [2.24, 2.45) is 0 Å². The summed E-state index contributed by atoms with van der Waals surface area (Å²) in [6, 6.07) is 0. The zero-order valence-electron chi connectivity index (χ0n) is 9.42. The summed E-state index contributed by atoms with van der Waals surface area (Å²) in [5, 5.41) is 15.4. The summed E-state index contributed by atoms with van der Waals surface area (Å²) in [6.07, 6.45) is 0. The Labute approximate surface area is 88.5 Å². The van der Waals surface area contributed by atoms with E-state index in [0.717, 1.165) is 0 Å². The first-order chi connectivity index (χ1) is 6.87. The first kappa shape index (κ1) is 11.7. The second kappa shape index (κ2) is 4.02. The lowest BCUT2D eigenvalue weighted by Gasteiger charge is -2.23. The first-order valence-electron chi connectivity index (χ1n) is 4.73. The van der Waals surface area contributed by atoms with Gasteiger partial charge in [-0.1, -0.05) is 5.16 Å². The van der Waals surface area contributed by atoms with Crippen LogP contribution in [0.15, 0.2) is 4.52 Å². The zero-order chi connectivity index (χ0) is 11.6. The number of hydrogen-bond donors (Lipinski definition) is 2. The molecule has 0 saturated heterocycles. The molecule has 15 heavy (non-hydrogen) atoms. The number of rotatable bonds is 3. The molecule has 0 unspecified atom stereocenters. The van der Waals surface area contributed by atoms with Crippen LogP contribution >= 0.6 is 0 Å². The van der Waals surface area contributed by atoms with E-state index >= 15 is 0 Å². The van der Waals surface area contributed by atoms with E-state index < -0.39 is 5.54 Å². The molecule has 0 fully saturated rings. The number of nitrogens with zero attached hydrogens (tertiary/aromatic N) is 1. The van der Waals surface area contributed by atoms with Gasteiger partial charge in [0.1, 0.15) is 11.3 Å². The molecule has 5 heteroatoms. The quantitative estimate of drug-likeness (QED) is 0.776. The van der Waals surface area contributed by atoms with Crippen molar-refractivity contribution in [3.8, 4) is 0 Å². The van der Waals surface area contributed by atoms with E-state index in [1.165, 1.54) is 0 Å². The second-order valence-electron chi connectivity index (χ2n) is 4.20. The Morgan fingerprint density at radius 2 is 2.13 bits per heavy atom. The Morgan fingerprint density at radius 1 is 1.53 bits per heavy atom. The average Bonchev–Trinajstić information content (AvgIpc) is 2.45. The van der Waals surface area contributed by atoms with E-state index in [4.69, 9.17) is 9.63 Å². The van der Waals surface area contributed by atoms with Crippen molar-refractivity contribution in [2.45, 2.75) is 33.2 Å². The number of amides is 1. The molecule has 1 aromatic rings. The molecule has 0 aliphatic carbocycles. The van der Waals surface area contributed by atoms with Gasteiger partial charge in [-0.15, -0.1) is 0 Å². The Morgan fingerprint density at radius 3 is 2.53 bits per heavy atom. The molecule has 1 rings (SSSR count). The van der Waals surface area contributed by atoms with E-state index in [2.05, 4.69) is 10.5 Å². The van der Waals surface area contributed by atoms with Gasteiger partial charge >= 0.3 is 0 Å². The summed E-state index contributed by atoms with van der Waals surface area (Å²) in [4.78, 5) is 11.8. The smallest absolute Gasteiger partial charge is 0.257 e. The van der Waals surface area contributed by atoms with E-state index in [0.29, 0.717) is 17.0 Å². The summed E-state index contributed by atoms with van der Waals surface area (Å²) in [6.45, 7) is 6.74. The van der Waals surface area contributed by atoms with Crippen LogP contribution in [-0.2, 0) is 0 Å². The van der Waals surface area contributed by atoms with Gasteiger partial charge in [-0.05, 0) is 27.7 Å². The molecule has 84 valence electrons. The molecular weight excluding hydrogens is 196 g/mol. The van der Waals surface area contributed by atoms with Crippen LogP contribution in [0.1, 0.15) is 35.7 Å². The van der Waals surface area contributed by atoms with E-state index in [9.17, 15) is 4.79 Å². The van der Waals surface area contributed by atoms with Gasteiger partial charge in [0.05, 0.1) is 17.8 Å². The van der Waals surface area contributed by atoms with Crippen molar-refractivity contribution < 1.29 is 14.4 Å². The topological polar surface area (TPSA) is 75.4 Å². The van der Waals surface area contributed by atoms with Crippen molar-refractivity contribution in [1.29, 1.82) is 0 Å². The van der Waals surface area contributed by atoms with Gasteiger partial charge in [0.15, 0.2) is 0 Å². The van der Waals surface area contributed by atoms with Crippen LogP contribution in [-0.4, -0.2) is 28.3 Å². The molecule has 0 aromatic carbocycles. The summed E-state index contributed by atoms with van der Waals surface area (Å²) in [7, 11) is 0. The third-order valence-electron chi connectivity index (χ3n) is 2.11. The van der Waals surface area contributed by atoms with Crippen LogP contribution < -0.4 is 5.32 Å². The summed E-state index contributed by atoms with van der Waals surface area (Å²) in [5.74, 6) is 0.212. The highest BCUT2D eigenvalue weighted by Crippen LogP contribution is 2.13. The van der Waals surface area contributed by atoms with Crippen LogP contribution in [0.2, 0.25) is 0 Å². The highest BCUT2D eigenvalue weighted by molar-refractivity contribution is 5.96. The van der Waals surface area contributed by atoms with Crippen molar-refractivity contribution in [1.82, 2.24) is 10.5 Å². The van der Waals surface area contributed by atoms with Gasteiger partial charge in [-0.3, -0.25) is 4.79 Å². The first-order valence-corrected chi connectivity index (χ1v) is 4.73. The van der Waals surface area contributed by atoms with Crippen molar-refractivity contribution in [3.63, 3.8) is 0 Å². The Hall–Kier alpha value is -1.36. The van der Waals surface area contributed by atoms with E-state index in [-0.39, 0.29) is 12.5 Å². The minimum absolute atomic E-state index is 0.123. The minimum Gasteiger partial charge on any atom is -0.394 e. The number of hydrogen-bond acceptors (Lipinski definition) is 4. The molecule has 2 N–H and O–H groups in total. The van der Waals surface area contributed by atoms with Gasteiger partial charge in [-0.2, -0.15) is 0 Å². The molecule has 1 heterocycles. The fourth-order valence-electron chi connectivity index (χ4n) is 1.22. The lowest BCUT2D eigenvalue weighted by Crippen LogP contribution is -2.46. The molecule has 0 atom stereocenters. The Balaban J connectivity index is 2.87. The Kier molecular flexibility index (Phi) is 3.14. The van der Waals surface area contributed by atoms with E-state index in [1.54, 1.807) is 27.7 Å². The SMILES string of the molecule is Cc1noc(C)c1C(=O)NC(C)(C)CO. The number of carbonyl (C=O) groups excluding carboxylic acids is 1. The van der Waals surface area contributed by atoms with Gasteiger partial charge in [0.25, 0.3) is 5.91 Å². The largest absolute Gasteiger partial charge is 0.394 e. The fourth-order valence-corrected chi connectivity index (χ4v) is 1.22.